The van der Waals surface area contributed by atoms with Gasteiger partial charge in [0.05, 0.1) is 0 Å². The smallest absolute Gasteiger partial charge is 0.120 e. The Labute approximate surface area is 142 Å². The van der Waals surface area contributed by atoms with Gasteiger partial charge in [0.1, 0.15) is 11.8 Å². The van der Waals surface area contributed by atoms with E-state index < -0.39 is 0 Å². The predicted octanol–water partition coefficient (Wildman–Crippen LogP) is 5.27. The van der Waals surface area contributed by atoms with Gasteiger partial charge in [-0.1, -0.05) is 48.6 Å². The summed E-state index contributed by atoms with van der Waals surface area (Å²) in [5, 5.41) is 9.70. The molecule has 0 radical (unpaired) electrons. The molecular formula is C20H20N2S. The number of nitriles is 1. The van der Waals surface area contributed by atoms with Crippen LogP contribution in [-0.2, 0) is 0 Å². The maximum absolute atomic E-state index is 9.36. The molecule has 2 nitrogen and oxygen atoms in total. The number of thioether (sulfide) groups is 1. The van der Waals surface area contributed by atoms with Crippen molar-refractivity contribution >= 4 is 17.4 Å². The van der Waals surface area contributed by atoms with Crippen molar-refractivity contribution in [3.63, 3.8) is 0 Å². The zero-order valence-corrected chi connectivity index (χ0v) is 14.2. The highest BCUT2D eigenvalue weighted by atomic mass is 32.2. The minimum atomic E-state index is 0.343. The average molecular weight is 320 g/mol. The van der Waals surface area contributed by atoms with Crippen molar-refractivity contribution in [1.29, 1.82) is 5.26 Å². The first kappa shape index (κ1) is 16.9. The average Bonchev–Trinajstić information content (AvgIpc) is 2.60. The summed E-state index contributed by atoms with van der Waals surface area (Å²) in [6.07, 6.45) is 5.92. The molecule has 0 heterocycles. The van der Waals surface area contributed by atoms with Gasteiger partial charge in [-0.3, -0.25) is 0 Å². The summed E-state index contributed by atoms with van der Waals surface area (Å²) in [6.45, 7) is 2.15. The predicted molar refractivity (Wildman–Crippen MR) is 99.4 cm³/mol. The molecule has 0 aromatic heterocycles. The Morgan fingerprint density at radius 2 is 1.70 bits per heavy atom. The van der Waals surface area contributed by atoms with Crippen LogP contribution in [0.1, 0.15) is 6.92 Å². The van der Waals surface area contributed by atoms with Crippen molar-refractivity contribution in [3.05, 3.63) is 84.6 Å². The quantitative estimate of drug-likeness (QED) is 0.412. The lowest BCUT2D eigenvalue weighted by Crippen LogP contribution is -2.14. The molecular weight excluding hydrogens is 300 g/mol. The Balaban J connectivity index is 2.00. The Bertz CT molecular complexity index is 699. The SMILES string of the molecule is CC(/C=C/C=C(\C#N)N(C)c1ccccc1)Sc1ccccc1. The molecule has 0 aliphatic carbocycles. The van der Waals surface area contributed by atoms with Gasteiger partial charge < -0.3 is 4.90 Å². The van der Waals surface area contributed by atoms with Crippen LogP contribution in [0.25, 0.3) is 0 Å². The van der Waals surface area contributed by atoms with Gasteiger partial charge in [-0.05, 0) is 37.3 Å². The van der Waals surface area contributed by atoms with Crippen LogP contribution in [0.5, 0.6) is 0 Å². The number of rotatable bonds is 6. The Morgan fingerprint density at radius 3 is 2.30 bits per heavy atom. The fourth-order valence-electron chi connectivity index (χ4n) is 2.07. The zero-order chi connectivity index (χ0) is 16.5. The first-order chi connectivity index (χ1) is 11.2. The maximum atomic E-state index is 9.36. The van der Waals surface area contributed by atoms with E-state index in [1.165, 1.54) is 4.90 Å². The Kier molecular flexibility index (Phi) is 6.53. The van der Waals surface area contributed by atoms with Crippen LogP contribution >= 0.6 is 11.8 Å². The van der Waals surface area contributed by atoms with E-state index in [0.717, 1.165) is 5.69 Å². The van der Waals surface area contributed by atoms with Gasteiger partial charge in [0, 0.05) is 22.9 Å². The fourth-order valence-corrected chi connectivity index (χ4v) is 2.98. The lowest BCUT2D eigenvalue weighted by molar-refractivity contribution is 1.14. The molecule has 0 bridgehead atoms. The number of hydrogen-bond donors (Lipinski definition) is 0. The summed E-state index contributed by atoms with van der Waals surface area (Å²) in [6, 6.07) is 22.5. The van der Waals surface area contributed by atoms with Crippen molar-refractivity contribution in [3.8, 4) is 6.07 Å². The normalized spacial score (nSPS) is 12.8. The van der Waals surface area contributed by atoms with Crippen LogP contribution in [0.15, 0.2) is 89.5 Å². The summed E-state index contributed by atoms with van der Waals surface area (Å²) in [5.74, 6) is 0. The highest BCUT2D eigenvalue weighted by molar-refractivity contribution is 8.00. The van der Waals surface area contributed by atoms with Gasteiger partial charge in [-0.2, -0.15) is 5.26 Å². The van der Waals surface area contributed by atoms with Crippen LogP contribution in [0.4, 0.5) is 5.69 Å². The first-order valence-electron chi connectivity index (χ1n) is 7.50. The molecule has 1 atom stereocenters. The largest absolute Gasteiger partial charge is 0.336 e. The molecule has 2 rings (SSSR count). The molecule has 3 heteroatoms. The molecule has 1 unspecified atom stereocenters. The molecule has 0 fully saturated rings. The molecule has 0 amide bonds. The van der Waals surface area contributed by atoms with E-state index in [1.807, 2.05) is 72.6 Å². The first-order valence-corrected chi connectivity index (χ1v) is 8.37. The van der Waals surface area contributed by atoms with Gasteiger partial charge in [0.15, 0.2) is 0 Å². The number of nitrogens with zero attached hydrogens (tertiary/aromatic N) is 2. The molecule has 0 aliphatic rings. The van der Waals surface area contributed by atoms with Crippen molar-refractivity contribution in [2.45, 2.75) is 17.1 Å². The fraction of sp³-hybridized carbons (Fsp3) is 0.150. The lowest BCUT2D eigenvalue weighted by Gasteiger charge is -2.17. The van der Waals surface area contributed by atoms with E-state index >= 15 is 0 Å². The Hall–Kier alpha value is -2.44. The molecule has 2 aromatic rings. The summed E-state index contributed by atoms with van der Waals surface area (Å²) in [5.41, 5.74) is 1.62. The molecule has 0 aliphatic heterocycles. The van der Waals surface area contributed by atoms with Crippen molar-refractivity contribution in [2.24, 2.45) is 0 Å². The van der Waals surface area contributed by atoms with Crippen molar-refractivity contribution in [1.82, 2.24) is 0 Å². The minimum Gasteiger partial charge on any atom is -0.336 e. The maximum Gasteiger partial charge on any atom is 0.120 e. The van der Waals surface area contributed by atoms with Gasteiger partial charge in [-0.25, -0.2) is 0 Å². The second kappa shape index (κ2) is 8.87. The van der Waals surface area contributed by atoms with E-state index in [0.29, 0.717) is 10.9 Å². The number of hydrogen-bond acceptors (Lipinski definition) is 3. The highest BCUT2D eigenvalue weighted by Crippen LogP contribution is 2.23. The molecule has 0 saturated carbocycles. The molecule has 2 aromatic carbocycles. The van der Waals surface area contributed by atoms with E-state index in [4.69, 9.17) is 0 Å². The molecule has 0 spiro atoms. The van der Waals surface area contributed by atoms with Crippen LogP contribution in [-0.4, -0.2) is 12.3 Å². The minimum absolute atomic E-state index is 0.343. The molecule has 0 saturated heterocycles. The van der Waals surface area contributed by atoms with E-state index in [2.05, 4.69) is 31.2 Å². The van der Waals surface area contributed by atoms with Gasteiger partial charge in [-0.15, -0.1) is 11.8 Å². The molecule has 23 heavy (non-hydrogen) atoms. The number of benzene rings is 2. The van der Waals surface area contributed by atoms with Crippen molar-refractivity contribution in [2.75, 3.05) is 11.9 Å². The van der Waals surface area contributed by atoms with Crippen LogP contribution < -0.4 is 4.90 Å². The summed E-state index contributed by atoms with van der Waals surface area (Å²) < 4.78 is 0. The van der Waals surface area contributed by atoms with Gasteiger partial charge in [0.2, 0.25) is 0 Å². The van der Waals surface area contributed by atoms with Crippen LogP contribution in [0, 0.1) is 11.3 Å². The standard InChI is InChI=1S/C20H20N2S/c1-17(23-20-14-7-4-8-15-20)10-9-13-19(16-21)22(2)18-11-5-3-6-12-18/h3-15,17H,1-2H3/b10-9+,19-13+. The van der Waals surface area contributed by atoms with Gasteiger partial charge in [0.25, 0.3) is 0 Å². The van der Waals surface area contributed by atoms with Gasteiger partial charge >= 0.3 is 0 Å². The summed E-state index contributed by atoms with van der Waals surface area (Å²) in [4.78, 5) is 3.13. The summed E-state index contributed by atoms with van der Waals surface area (Å²) >= 11 is 1.80. The second-order valence-electron chi connectivity index (χ2n) is 5.08. The Morgan fingerprint density at radius 1 is 1.09 bits per heavy atom. The number of anilines is 1. The second-order valence-corrected chi connectivity index (χ2v) is 6.53. The third-order valence-electron chi connectivity index (χ3n) is 3.32. The number of allylic oxidation sites excluding steroid dienone is 3. The third kappa shape index (κ3) is 5.36. The van der Waals surface area contributed by atoms with E-state index in [-0.39, 0.29) is 0 Å². The van der Waals surface area contributed by atoms with Crippen LogP contribution in [0.3, 0.4) is 0 Å². The number of para-hydroxylation sites is 1. The highest BCUT2D eigenvalue weighted by Gasteiger charge is 2.04. The van der Waals surface area contributed by atoms with E-state index in [9.17, 15) is 5.26 Å². The third-order valence-corrected chi connectivity index (χ3v) is 4.39. The van der Waals surface area contributed by atoms with Crippen LogP contribution in [0.2, 0.25) is 0 Å². The van der Waals surface area contributed by atoms with Crippen molar-refractivity contribution < 1.29 is 0 Å². The molecule has 0 N–H and O–H groups in total. The monoisotopic (exact) mass is 320 g/mol. The van der Waals surface area contributed by atoms with E-state index in [1.54, 1.807) is 11.8 Å². The zero-order valence-electron chi connectivity index (χ0n) is 13.4. The topological polar surface area (TPSA) is 27.0 Å². The lowest BCUT2D eigenvalue weighted by atomic mass is 10.2. The molecule has 116 valence electrons. The summed E-state index contributed by atoms with van der Waals surface area (Å²) in [7, 11) is 1.90.